The molecule has 1 N–H and O–H groups in total. The van der Waals surface area contributed by atoms with Crippen molar-refractivity contribution in [2.24, 2.45) is 0 Å². The average Bonchev–Trinajstić information content (AvgIpc) is 2.76. The molecule has 162 valence electrons. The molecule has 0 fully saturated rings. The number of rotatable bonds is 8. The lowest BCUT2D eigenvalue weighted by molar-refractivity contribution is 0.0935. The zero-order valence-electron chi connectivity index (χ0n) is 17.5. The van der Waals surface area contributed by atoms with E-state index in [0.29, 0.717) is 11.3 Å². The van der Waals surface area contributed by atoms with E-state index in [1.807, 2.05) is 37.3 Å². The second kappa shape index (κ2) is 9.75. The van der Waals surface area contributed by atoms with Gasteiger partial charge in [0.1, 0.15) is 5.82 Å². The molecule has 1 amide bonds. The summed E-state index contributed by atoms with van der Waals surface area (Å²) in [5.74, 6) is -0.721. The molecule has 3 aromatic carbocycles. The largest absolute Gasteiger partial charge is 0.345 e. The van der Waals surface area contributed by atoms with Gasteiger partial charge in [0, 0.05) is 11.1 Å². The molecule has 0 saturated heterocycles. The Morgan fingerprint density at radius 2 is 1.58 bits per heavy atom. The monoisotopic (exact) mass is 440 g/mol. The molecule has 0 heterocycles. The molecule has 3 aromatic rings. The van der Waals surface area contributed by atoms with Gasteiger partial charge in [0.15, 0.2) is 0 Å². The highest BCUT2D eigenvalue weighted by atomic mass is 32.2. The van der Waals surface area contributed by atoms with Gasteiger partial charge in [0.05, 0.1) is 24.5 Å². The van der Waals surface area contributed by atoms with Crippen molar-refractivity contribution in [1.82, 2.24) is 5.32 Å². The lowest BCUT2D eigenvalue weighted by atomic mass is 10.0. The van der Waals surface area contributed by atoms with Crippen LogP contribution in [0.3, 0.4) is 0 Å². The van der Waals surface area contributed by atoms with Gasteiger partial charge < -0.3 is 5.32 Å². The first kappa shape index (κ1) is 22.5. The van der Waals surface area contributed by atoms with Crippen LogP contribution in [0, 0.1) is 5.82 Å². The number of amides is 1. The van der Waals surface area contributed by atoms with E-state index < -0.39 is 15.8 Å². The number of nitrogens with zero attached hydrogens (tertiary/aromatic N) is 1. The number of sulfonamides is 1. The zero-order chi connectivity index (χ0) is 22.4. The minimum atomic E-state index is -3.66. The molecule has 0 aliphatic rings. The molecule has 7 heteroatoms. The summed E-state index contributed by atoms with van der Waals surface area (Å²) in [5, 5.41) is 3.01. The van der Waals surface area contributed by atoms with Crippen molar-refractivity contribution in [3.63, 3.8) is 0 Å². The number of anilines is 1. The number of carbonyl (C=O) groups is 1. The van der Waals surface area contributed by atoms with Gasteiger partial charge in [0.25, 0.3) is 5.91 Å². The summed E-state index contributed by atoms with van der Waals surface area (Å²) >= 11 is 0. The van der Waals surface area contributed by atoms with Crippen LogP contribution in [0.1, 0.15) is 40.9 Å². The van der Waals surface area contributed by atoms with E-state index in [9.17, 15) is 17.6 Å². The molecule has 0 saturated carbocycles. The van der Waals surface area contributed by atoms with Gasteiger partial charge in [-0.3, -0.25) is 9.10 Å². The van der Waals surface area contributed by atoms with Gasteiger partial charge in [-0.05, 0) is 42.3 Å². The second-order valence-corrected chi connectivity index (χ2v) is 9.16. The third-order valence-electron chi connectivity index (χ3n) is 5.01. The van der Waals surface area contributed by atoms with Crippen LogP contribution in [-0.4, -0.2) is 20.6 Å². The van der Waals surface area contributed by atoms with Crippen LogP contribution in [0.25, 0.3) is 0 Å². The maximum Gasteiger partial charge on any atom is 0.251 e. The summed E-state index contributed by atoms with van der Waals surface area (Å²) in [4.78, 5) is 12.7. The molecule has 0 bridgehead atoms. The summed E-state index contributed by atoms with van der Waals surface area (Å²) in [6, 6.07) is 21.9. The molecule has 0 radical (unpaired) electrons. The SMILES string of the molecule is CC[C@H](NC(=O)c1ccc(N(Cc2ccccc2F)S(C)(=O)=O)cc1)c1ccccc1. The lowest BCUT2D eigenvalue weighted by Gasteiger charge is -2.23. The fraction of sp³-hybridized carbons (Fsp3) is 0.208. The van der Waals surface area contributed by atoms with Crippen molar-refractivity contribution in [3.8, 4) is 0 Å². The topological polar surface area (TPSA) is 66.5 Å². The third-order valence-corrected chi connectivity index (χ3v) is 6.15. The smallest absolute Gasteiger partial charge is 0.251 e. The van der Waals surface area contributed by atoms with Gasteiger partial charge in [-0.1, -0.05) is 55.5 Å². The average molecular weight is 441 g/mol. The van der Waals surface area contributed by atoms with Crippen LogP contribution in [-0.2, 0) is 16.6 Å². The number of halogens is 1. The van der Waals surface area contributed by atoms with E-state index in [2.05, 4.69) is 5.32 Å². The molecule has 31 heavy (non-hydrogen) atoms. The number of hydrogen-bond acceptors (Lipinski definition) is 3. The van der Waals surface area contributed by atoms with Crippen molar-refractivity contribution >= 4 is 21.6 Å². The Labute approximate surface area is 182 Å². The Hall–Kier alpha value is -3.19. The number of carbonyl (C=O) groups excluding carboxylic acids is 1. The molecular weight excluding hydrogens is 415 g/mol. The summed E-state index contributed by atoms with van der Waals surface area (Å²) in [7, 11) is -3.66. The molecular formula is C24H25FN2O3S. The maximum atomic E-state index is 14.0. The molecule has 1 atom stereocenters. The molecule has 0 aromatic heterocycles. The molecule has 3 rings (SSSR count). The number of nitrogens with one attached hydrogen (secondary N) is 1. The first-order valence-corrected chi connectivity index (χ1v) is 11.8. The van der Waals surface area contributed by atoms with Crippen molar-refractivity contribution in [3.05, 3.63) is 101 Å². The predicted molar refractivity (Wildman–Crippen MR) is 121 cm³/mol. The summed E-state index contributed by atoms with van der Waals surface area (Å²) in [6.07, 6.45) is 1.80. The number of hydrogen-bond donors (Lipinski definition) is 1. The normalized spacial score (nSPS) is 12.2. The molecule has 5 nitrogen and oxygen atoms in total. The van der Waals surface area contributed by atoms with Crippen LogP contribution in [0.5, 0.6) is 0 Å². The van der Waals surface area contributed by atoms with E-state index in [0.717, 1.165) is 22.5 Å². The Kier molecular flexibility index (Phi) is 7.07. The van der Waals surface area contributed by atoms with E-state index >= 15 is 0 Å². The molecule has 0 spiro atoms. The zero-order valence-corrected chi connectivity index (χ0v) is 18.3. The second-order valence-electron chi connectivity index (χ2n) is 7.25. The Morgan fingerprint density at radius 1 is 0.968 bits per heavy atom. The molecule has 0 aliphatic heterocycles. The third kappa shape index (κ3) is 5.70. The van der Waals surface area contributed by atoms with Crippen LogP contribution < -0.4 is 9.62 Å². The van der Waals surface area contributed by atoms with Gasteiger partial charge in [-0.2, -0.15) is 0 Å². The standard InChI is InChI=1S/C24H25FN2O3S/c1-3-23(18-9-5-4-6-10-18)26-24(28)19-13-15-21(16-14-19)27(31(2,29)30)17-20-11-7-8-12-22(20)25/h4-16,23H,3,17H2,1-2H3,(H,26,28)/t23-/m0/s1. The van der Waals surface area contributed by atoms with E-state index in [1.165, 1.54) is 6.07 Å². The van der Waals surface area contributed by atoms with Crippen LogP contribution in [0.4, 0.5) is 10.1 Å². The highest BCUT2D eigenvalue weighted by molar-refractivity contribution is 7.92. The minimum Gasteiger partial charge on any atom is -0.345 e. The van der Waals surface area contributed by atoms with Gasteiger partial charge >= 0.3 is 0 Å². The summed E-state index contributed by atoms with van der Waals surface area (Å²) < 4.78 is 39.8. The highest BCUT2D eigenvalue weighted by Crippen LogP contribution is 2.23. The van der Waals surface area contributed by atoms with Crippen molar-refractivity contribution in [2.75, 3.05) is 10.6 Å². The van der Waals surface area contributed by atoms with E-state index in [-0.39, 0.29) is 24.1 Å². The first-order chi connectivity index (χ1) is 14.8. The fourth-order valence-electron chi connectivity index (χ4n) is 3.31. The van der Waals surface area contributed by atoms with Crippen molar-refractivity contribution in [1.29, 1.82) is 0 Å². The maximum absolute atomic E-state index is 14.0. The van der Waals surface area contributed by atoms with Gasteiger partial charge in [0.2, 0.25) is 10.0 Å². The van der Waals surface area contributed by atoms with Crippen LogP contribution in [0.2, 0.25) is 0 Å². The quantitative estimate of drug-likeness (QED) is 0.553. The van der Waals surface area contributed by atoms with Crippen molar-refractivity contribution in [2.45, 2.75) is 25.9 Å². The van der Waals surface area contributed by atoms with E-state index in [1.54, 1.807) is 42.5 Å². The van der Waals surface area contributed by atoms with Crippen molar-refractivity contribution < 1.29 is 17.6 Å². The lowest BCUT2D eigenvalue weighted by Crippen LogP contribution is -2.30. The van der Waals surface area contributed by atoms with Crippen LogP contribution in [0.15, 0.2) is 78.9 Å². The molecule has 0 unspecified atom stereocenters. The van der Waals surface area contributed by atoms with Gasteiger partial charge in [-0.15, -0.1) is 0 Å². The Balaban J connectivity index is 1.79. The Morgan fingerprint density at radius 3 is 2.16 bits per heavy atom. The summed E-state index contributed by atoms with van der Waals surface area (Å²) in [6.45, 7) is 1.86. The van der Waals surface area contributed by atoms with Gasteiger partial charge in [-0.25, -0.2) is 12.8 Å². The molecule has 0 aliphatic carbocycles. The number of benzene rings is 3. The minimum absolute atomic E-state index is 0.123. The fourth-order valence-corrected chi connectivity index (χ4v) is 4.19. The summed E-state index contributed by atoms with van der Waals surface area (Å²) in [5.41, 5.74) is 2.06. The highest BCUT2D eigenvalue weighted by Gasteiger charge is 2.20. The first-order valence-electron chi connectivity index (χ1n) is 9.96. The van der Waals surface area contributed by atoms with Crippen LogP contribution >= 0.6 is 0 Å². The Bertz CT molecular complexity index is 1130. The predicted octanol–water partition coefficient (Wildman–Crippen LogP) is 4.67. The van der Waals surface area contributed by atoms with E-state index in [4.69, 9.17) is 0 Å².